The second-order valence-electron chi connectivity index (χ2n) is 6.08. The Bertz CT molecular complexity index is 402. The third kappa shape index (κ3) is 3.76. The van der Waals surface area contributed by atoms with Gasteiger partial charge in [-0.25, -0.2) is 0 Å². The van der Waals surface area contributed by atoms with E-state index in [1.165, 1.54) is 43.5 Å². The maximum Gasteiger partial charge on any atom is 0.0395 e. The van der Waals surface area contributed by atoms with Gasteiger partial charge in [0.25, 0.3) is 0 Å². The first-order valence-electron chi connectivity index (χ1n) is 8.30. The minimum Gasteiger partial charge on any atom is -0.371 e. The monoisotopic (exact) mass is 274 g/mol. The molecule has 1 N–H and O–H groups in total. The number of rotatable bonds is 7. The summed E-state index contributed by atoms with van der Waals surface area (Å²) in [6.45, 7) is 10.2. The highest BCUT2D eigenvalue weighted by atomic mass is 15.1. The van der Waals surface area contributed by atoms with Gasteiger partial charge in [-0.15, -0.1) is 0 Å². The summed E-state index contributed by atoms with van der Waals surface area (Å²) in [7, 11) is 0. The molecule has 0 aromatic heterocycles. The van der Waals surface area contributed by atoms with Crippen molar-refractivity contribution >= 4 is 5.69 Å². The van der Waals surface area contributed by atoms with Gasteiger partial charge in [0.1, 0.15) is 0 Å². The molecule has 0 amide bonds. The number of benzene rings is 1. The van der Waals surface area contributed by atoms with Gasteiger partial charge in [0, 0.05) is 24.8 Å². The van der Waals surface area contributed by atoms with Crippen LogP contribution >= 0.6 is 0 Å². The van der Waals surface area contributed by atoms with E-state index >= 15 is 0 Å². The van der Waals surface area contributed by atoms with Crippen LogP contribution in [-0.2, 0) is 0 Å². The highest BCUT2D eigenvalue weighted by molar-refractivity contribution is 5.52. The number of nitrogens with one attached hydrogen (secondary N) is 1. The van der Waals surface area contributed by atoms with Gasteiger partial charge in [-0.1, -0.05) is 31.5 Å². The highest BCUT2D eigenvalue weighted by Crippen LogP contribution is 2.29. The zero-order chi connectivity index (χ0) is 14.4. The van der Waals surface area contributed by atoms with Crippen molar-refractivity contribution in [3.63, 3.8) is 0 Å². The van der Waals surface area contributed by atoms with Crippen LogP contribution in [-0.4, -0.2) is 25.7 Å². The molecule has 0 heterocycles. The van der Waals surface area contributed by atoms with Gasteiger partial charge in [0.2, 0.25) is 0 Å². The second kappa shape index (κ2) is 7.68. The van der Waals surface area contributed by atoms with Crippen LogP contribution in [0.25, 0.3) is 0 Å². The average Bonchev–Trinajstić information content (AvgIpc) is 2.90. The molecule has 0 saturated heterocycles. The predicted octanol–water partition coefficient (Wildman–Crippen LogP) is 3.99. The Balaban J connectivity index is 2.01. The fourth-order valence-electron chi connectivity index (χ4n) is 3.45. The van der Waals surface area contributed by atoms with E-state index in [1.807, 2.05) is 0 Å². The van der Waals surface area contributed by atoms with Gasteiger partial charge < -0.3 is 10.2 Å². The number of anilines is 1. The fourth-order valence-corrected chi connectivity index (χ4v) is 3.45. The molecule has 20 heavy (non-hydrogen) atoms. The van der Waals surface area contributed by atoms with E-state index in [0.29, 0.717) is 0 Å². The summed E-state index contributed by atoms with van der Waals surface area (Å²) in [5, 5.41) is 3.75. The zero-order valence-electron chi connectivity index (χ0n) is 13.4. The minimum absolute atomic E-state index is 0.730. The zero-order valence-corrected chi connectivity index (χ0v) is 13.4. The molecule has 2 heteroatoms. The first kappa shape index (κ1) is 15.4. The second-order valence-corrected chi connectivity index (χ2v) is 6.08. The van der Waals surface area contributed by atoms with Crippen molar-refractivity contribution in [2.45, 2.75) is 52.5 Å². The van der Waals surface area contributed by atoms with Gasteiger partial charge >= 0.3 is 0 Å². The van der Waals surface area contributed by atoms with Crippen LogP contribution in [0.3, 0.4) is 0 Å². The van der Waals surface area contributed by atoms with Crippen LogP contribution in [0.2, 0.25) is 0 Å². The summed E-state index contributed by atoms with van der Waals surface area (Å²) in [5.74, 6) is 0.807. The van der Waals surface area contributed by atoms with Crippen molar-refractivity contribution in [1.82, 2.24) is 5.32 Å². The fraction of sp³-hybridized carbons (Fsp3) is 0.667. The molecule has 1 aromatic rings. The molecule has 2 atom stereocenters. The topological polar surface area (TPSA) is 15.3 Å². The Labute approximate surface area is 124 Å². The van der Waals surface area contributed by atoms with Gasteiger partial charge in [0.15, 0.2) is 0 Å². The lowest BCUT2D eigenvalue weighted by Crippen LogP contribution is -2.40. The van der Waals surface area contributed by atoms with Gasteiger partial charge in [-0.2, -0.15) is 0 Å². The number of hydrogen-bond donors (Lipinski definition) is 1. The molecule has 0 bridgehead atoms. The summed E-state index contributed by atoms with van der Waals surface area (Å²) in [5.41, 5.74) is 2.81. The quantitative estimate of drug-likeness (QED) is 0.809. The molecule has 1 aliphatic rings. The van der Waals surface area contributed by atoms with Crippen molar-refractivity contribution in [2.24, 2.45) is 5.92 Å². The van der Waals surface area contributed by atoms with Crippen LogP contribution in [0, 0.1) is 12.8 Å². The lowest BCUT2D eigenvalue weighted by Gasteiger charge is -2.31. The SMILES string of the molecule is CCCNC1CCCC1CN(CC)c1ccccc1C. The number of aryl methyl sites for hydroxylation is 1. The predicted molar refractivity (Wildman–Crippen MR) is 88.5 cm³/mol. The summed E-state index contributed by atoms with van der Waals surface area (Å²) < 4.78 is 0. The van der Waals surface area contributed by atoms with Crippen molar-refractivity contribution < 1.29 is 0 Å². The van der Waals surface area contributed by atoms with Crippen molar-refractivity contribution in [3.05, 3.63) is 29.8 Å². The summed E-state index contributed by atoms with van der Waals surface area (Å²) in [6.07, 6.45) is 5.36. The lowest BCUT2D eigenvalue weighted by molar-refractivity contribution is 0.400. The minimum atomic E-state index is 0.730. The first-order valence-corrected chi connectivity index (χ1v) is 8.30. The summed E-state index contributed by atoms with van der Waals surface area (Å²) >= 11 is 0. The van der Waals surface area contributed by atoms with Crippen LogP contribution in [0.15, 0.2) is 24.3 Å². The number of para-hydroxylation sites is 1. The summed E-state index contributed by atoms with van der Waals surface area (Å²) in [4.78, 5) is 2.56. The van der Waals surface area contributed by atoms with E-state index < -0.39 is 0 Å². The first-order chi connectivity index (χ1) is 9.76. The van der Waals surface area contributed by atoms with E-state index in [4.69, 9.17) is 0 Å². The molecular weight excluding hydrogens is 244 g/mol. The molecule has 0 radical (unpaired) electrons. The standard InChI is InChI=1S/C18H30N2/c1-4-13-19-17-11-8-10-16(17)14-20(5-2)18-12-7-6-9-15(18)3/h6-7,9,12,16-17,19H,4-5,8,10-11,13-14H2,1-3H3. The van der Waals surface area contributed by atoms with E-state index in [1.54, 1.807) is 0 Å². The normalized spacial score (nSPS) is 22.1. The molecule has 2 nitrogen and oxygen atoms in total. The Hall–Kier alpha value is -1.02. The van der Waals surface area contributed by atoms with Gasteiger partial charge in [-0.3, -0.25) is 0 Å². The largest absolute Gasteiger partial charge is 0.371 e. The average molecular weight is 274 g/mol. The third-order valence-electron chi connectivity index (χ3n) is 4.61. The molecule has 0 spiro atoms. The maximum absolute atomic E-state index is 3.75. The van der Waals surface area contributed by atoms with Crippen molar-refractivity contribution in [3.8, 4) is 0 Å². The molecule has 1 saturated carbocycles. The van der Waals surface area contributed by atoms with Crippen LogP contribution in [0.4, 0.5) is 5.69 Å². The van der Waals surface area contributed by atoms with E-state index in [9.17, 15) is 0 Å². The smallest absolute Gasteiger partial charge is 0.0395 e. The Kier molecular flexibility index (Phi) is 5.90. The van der Waals surface area contributed by atoms with Gasteiger partial charge in [-0.05, 0) is 57.2 Å². The van der Waals surface area contributed by atoms with Crippen molar-refractivity contribution in [1.29, 1.82) is 0 Å². The highest BCUT2D eigenvalue weighted by Gasteiger charge is 2.28. The molecule has 1 aliphatic carbocycles. The van der Waals surface area contributed by atoms with E-state index in [2.05, 4.69) is 55.3 Å². The molecule has 112 valence electrons. The van der Waals surface area contributed by atoms with Crippen LogP contribution < -0.4 is 10.2 Å². The van der Waals surface area contributed by atoms with Crippen molar-refractivity contribution in [2.75, 3.05) is 24.5 Å². The van der Waals surface area contributed by atoms with E-state index in [0.717, 1.165) is 25.0 Å². The number of nitrogens with zero attached hydrogens (tertiary/aromatic N) is 1. The Morgan fingerprint density at radius 1 is 1.20 bits per heavy atom. The molecule has 0 aliphatic heterocycles. The Morgan fingerprint density at radius 2 is 2.00 bits per heavy atom. The molecular formula is C18H30N2. The van der Waals surface area contributed by atoms with Gasteiger partial charge in [0.05, 0.1) is 0 Å². The van der Waals surface area contributed by atoms with Crippen LogP contribution in [0.5, 0.6) is 0 Å². The third-order valence-corrected chi connectivity index (χ3v) is 4.61. The van der Waals surface area contributed by atoms with Crippen LogP contribution in [0.1, 0.15) is 45.1 Å². The number of hydrogen-bond acceptors (Lipinski definition) is 2. The van der Waals surface area contributed by atoms with E-state index in [-0.39, 0.29) is 0 Å². The molecule has 1 aromatic carbocycles. The molecule has 2 unspecified atom stereocenters. The molecule has 2 rings (SSSR count). The maximum atomic E-state index is 3.75. The lowest BCUT2D eigenvalue weighted by atomic mass is 10.0. The Morgan fingerprint density at radius 3 is 2.70 bits per heavy atom. The summed E-state index contributed by atoms with van der Waals surface area (Å²) in [6, 6.07) is 9.51. The molecule has 1 fully saturated rings.